The van der Waals surface area contributed by atoms with Crippen molar-refractivity contribution in [1.29, 1.82) is 0 Å². The standard InChI is InChI=1S/C19H18F5N3O/c1-11(28)25-9-12-8-16-17(7-6-15(26-16)18(20)21)27(10-12)14-4-2-13(3-5-14)19(22,23)24/h2-7,12,18H,8-10H2,1H3,(H,25,28). The highest BCUT2D eigenvalue weighted by Crippen LogP contribution is 2.37. The highest BCUT2D eigenvalue weighted by Gasteiger charge is 2.31. The molecule has 0 saturated heterocycles. The van der Waals surface area contributed by atoms with E-state index in [2.05, 4.69) is 10.3 Å². The van der Waals surface area contributed by atoms with E-state index in [4.69, 9.17) is 0 Å². The average Bonchev–Trinajstić information content (AvgIpc) is 2.64. The van der Waals surface area contributed by atoms with E-state index in [9.17, 15) is 26.7 Å². The van der Waals surface area contributed by atoms with Crippen molar-refractivity contribution < 1.29 is 26.7 Å². The van der Waals surface area contributed by atoms with Crippen LogP contribution in [0.2, 0.25) is 0 Å². The lowest BCUT2D eigenvalue weighted by Gasteiger charge is -2.36. The number of carbonyl (C=O) groups excluding carboxylic acids is 1. The second kappa shape index (κ2) is 7.73. The number of amides is 1. The minimum absolute atomic E-state index is 0.126. The lowest BCUT2D eigenvalue weighted by atomic mass is 9.95. The van der Waals surface area contributed by atoms with Gasteiger partial charge in [-0.2, -0.15) is 13.2 Å². The van der Waals surface area contributed by atoms with Crippen LogP contribution in [0.5, 0.6) is 0 Å². The zero-order chi connectivity index (χ0) is 20.5. The number of nitrogens with one attached hydrogen (secondary N) is 1. The summed E-state index contributed by atoms with van der Waals surface area (Å²) in [7, 11) is 0. The lowest BCUT2D eigenvalue weighted by Crippen LogP contribution is -2.39. The molecular weight excluding hydrogens is 381 g/mol. The van der Waals surface area contributed by atoms with Gasteiger partial charge in [0.05, 0.1) is 16.9 Å². The molecule has 1 amide bonds. The second-order valence-corrected chi connectivity index (χ2v) is 6.67. The zero-order valence-corrected chi connectivity index (χ0v) is 14.9. The summed E-state index contributed by atoms with van der Waals surface area (Å²) in [6, 6.07) is 7.37. The fourth-order valence-electron chi connectivity index (χ4n) is 3.22. The topological polar surface area (TPSA) is 45.2 Å². The van der Waals surface area contributed by atoms with Crippen molar-refractivity contribution >= 4 is 17.3 Å². The molecule has 1 aliphatic rings. The van der Waals surface area contributed by atoms with Gasteiger partial charge in [-0.3, -0.25) is 4.79 Å². The van der Waals surface area contributed by atoms with Crippen molar-refractivity contribution in [2.75, 3.05) is 18.0 Å². The Morgan fingerprint density at radius 3 is 2.46 bits per heavy atom. The van der Waals surface area contributed by atoms with Gasteiger partial charge in [-0.25, -0.2) is 13.8 Å². The monoisotopic (exact) mass is 399 g/mol. The summed E-state index contributed by atoms with van der Waals surface area (Å²) in [6.45, 7) is 2.10. The predicted molar refractivity (Wildman–Crippen MR) is 93.5 cm³/mol. The van der Waals surface area contributed by atoms with Crippen molar-refractivity contribution in [3.63, 3.8) is 0 Å². The fourth-order valence-corrected chi connectivity index (χ4v) is 3.22. The first-order valence-electron chi connectivity index (χ1n) is 8.62. The highest BCUT2D eigenvalue weighted by molar-refractivity contribution is 5.73. The fraction of sp³-hybridized carbons (Fsp3) is 0.368. The molecular formula is C19H18F5N3O. The van der Waals surface area contributed by atoms with Crippen LogP contribution in [0.25, 0.3) is 0 Å². The van der Waals surface area contributed by atoms with Gasteiger partial charge in [0.2, 0.25) is 5.91 Å². The van der Waals surface area contributed by atoms with Crippen LogP contribution in [0.3, 0.4) is 0 Å². The van der Waals surface area contributed by atoms with E-state index in [-0.39, 0.29) is 17.5 Å². The number of fused-ring (bicyclic) bond motifs is 1. The molecule has 2 heterocycles. The highest BCUT2D eigenvalue weighted by atomic mass is 19.4. The molecule has 0 bridgehead atoms. The Morgan fingerprint density at radius 1 is 1.21 bits per heavy atom. The number of pyridine rings is 1. The molecule has 150 valence electrons. The Kier molecular flexibility index (Phi) is 5.53. The molecule has 1 atom stereocenters. The first-order valence-corrected chi connectivity index (χ1v) is 8.62. The Hall–Kier alpha value is -2.71. The number of rotatable bonds is 4. The van der Waals surface area contributed by atoms with Crippen LogP contribution >= 0.6 is 0 Å². The van der Waals surface area contributed by atoms with Crippen LogP contribution in [0.15, 0.2) is 36.4 Å². The maximum absolute atomic E-state index is 13.0. The van der Waals surface area contributed by atoms with Gasteiger partial charge in [0, 0.05) is 25.7 Å². The van der Waals surface area contributed by atoms with Crippen LogP contribution in [-0.2, 0) is 17.4 Å². The molecule has 0 radical (unpaired) electrons. The van der Waals surface area contributed by atoms with Gasteiger partial charge in [-0.15, -0.1) is 0 Å². The number of nitrogens with zero attached hydrogens (tertiary/aromatic N) is 2. The largest absolute Gasteiger partial charge is 0.416 e. The quantitative estimate of drug-likeness (QED) is 0.771. The van der Waals surface area contributed by atoms with Gasteiger partial charge in [-0.05, 0) is 48.7 Å². The van der Waals surface area contributed by atoms with E-state index >= 15 is 0 Å². The van der Waals surface area contributed by atoms with Crippen LogP contribution < -0.4 is 10.2 Å². The number of hydrogen-bond donors (Lipinski definition) is 1. The Bertz CT molecular complexity index is 852. The normalized spacial score (nSPS) is 16.8. The maximum atomic E-state index is 13.0. The van der Waals surface area contributed by atoms with Crippen LogP contribution in [-0.4, -0.2) is 24.0 Å². The molecule has 1 aromatic carbocycles. The summed E-state index contributed by atoms with van der Waals surface area (Å²) in [5.74, 6) is -0.347. The van der Waals surface area contributed by atoms with Gasteiger partial charge >= 0.3 is 6.18 Å². The molecule has 0 saturated carbocycles. The van der Waals surface area contributed by atoms with Gasteiger partial charge in [0.1, 0.15) is 5.69 Å². The second-order valence-electron chi connectivity index (χ2n) is 6.67. The Morgan fingerprint density at radius 2 is 1.89 bits per heavy atom. The number of anilines is 2. The van der Waals surface area contributed by atoms with Crippen molar-refractivity contribution in [2.45, 2.75) is 25.9 Å². The van der Waals surface area contributed by atoms with Gasteiger partial charge in [0.15, 0.2) is 0 Å². The van der Waals surface area contributed by atoms with E-state index in [1.165, 1.54) is 31.2 Å². The number of halogens is 5. The molecule has 0 spiro atoms. The minimum atomic E-state index is -4.44. The average molecular weight is 399 g/mol. The van der Waals surface area contributed by atoms with E-state index < -0.39 is 18.2 Å². The molecule has 0 fully saturated rings. The summed E-state index contributed by atoms with van der Waals surface area (Å²) in [6.07, 6.45) is -6.78. The first-order chi connectivity index (χ1) is 13.1. The van der Waals surface area contributed by atoms with E-state index in [0.29, 0.717) is 36.6 Å². The first kappa shape index (κ1) is 20.0. The smallest absolute Gasteiger partial charge is 0.356 e. The van der Waals surface area contributed by atoms with Gasteiger partial charge < -0.3 is 10.2 Å². The zero-order valence-electron chi connectivity index (χ0n) is 14.9. The molecule has 2 aromatic rings. The lowest BCUT2D eigenvalue weighted by molar-refractivity contribution is -0.137. The third-order valence-electron chi connectivity index (χ3n) is 4.55. The van der Waals surface area contributed by atoms with Crippen molar-refractivity contribution in [1.82, 2.24) is 10.3 Å². The molecule has 0 aliphatic carbocycles. The van der Waals surface area contributed by atoms with Gasteiger partial charge in [0.25, 0.3) is 6.43 Å². The molecule has 9 heteroatoms. The van der Waals surface area contributed by atoms with Crippen LogP contribution in [0.4, 0.5) is 33.3 Å². The molecule has 28 heavy (non-hydrogen) atoms. The summed E-state index contributed by atoms with van der Waals surface area (Å²) >= 11 is 0. The Labute approximate surface area is 158 Å². The summed E-state index contributed by atoms with van der Waals surface area (Å²) in [4.78, 5) is 17.0. The SMILES string of the molecule is CC(=O)NCC1Cc2nc(C(F)F)ccc2N(c2ccc(C(F)(F)F)cc2)C1. The molecule has 1 aromatic heterocycles. The van der Waals surface area contributed by atoms with Crippen molar-refractivity contribution in [3.05, 3.63) is 53.3 Å². The third-order valence-corrected chi connectivity index (χ3v) is 4.55. The number of aromatic nitrogens is 1. The van der Waals surface area contributed by atoms with Crippen LogP contribution in [0, 0.1) is 5.92 Å². The van der Waals surface area contributed by atoms with Crippen molar-refractivity contribution in [3.8, 4) is 0 Å². The van der Waals surface area contributed by atoms with E-state index in [0.717, 1.165) is 12.1 Å². The van der Waals surface area contributed by atoms with E-state index in [1.807, 2.05) is 0 Å². The van der Waals surface area contributed by atoms with E-state index in [1.54, 1.807) is 4.90 Å². The minimum Gasteiger partial charge on any atom is -0.356 e. The molecule has 1 N–H and O–H groups in total. The molecule has 3 rings (SSSR count). The summed E-state index contributed by atoms with van der Waals surface area (Å²) < 4.78 is 64.5. The van der Waals surface area contributed by atoms with Crippen molar-refractivity contribution in [2.24, 2.45) is 5.92 Å². The summed E-state index contributed by atoms with van der Waals surface area (Å²) in [5, 5.41) is 2.69. The number of hydrogen-bond acceptors (Lipinski definition) is 3. The maximum Gasteiger partial charge on any atom is 0.416 e. The number of alkyl halides is 5. The predicted octanol–water partition coefficient (Wildman–Crippen LogP) is 4.48. The molecule has 1 unspecified atom stereocenters. The number of carbonyl (C=O) groups is 1. The Balaban J connectivity index is 1.95. The van der Waals surface area contributed by atoms with Crippen LogP contribution in [0.1, 0.15) is 30.3 Å². The van der Waals surface area contributed by atoms with Gasteiger partial charge in [-0.1, -0.05) is 0 Å². The third kappa shape index (κ3) is 4.40. The molecule has 4 nitrogen and oxygen atoms in total. The molecule has 1 aliphatic heterocycles. The number of benzene rings is 1. The summed E-state index contributed by atoms with van der Waals surface area (Å²) in [5.41, 5.74) is 0.372.